The summed E-state index contributed by atoms with van der Waals surface area (Å²) in [5.41, 5.74) is 5.73. The minimum atomic E-state index is -0.806. The molecule has 0 radical (unpaired) electrons. The predicted molar refractivity (Wildman–Crippen MR) is 88.9 cm³/mol. The van der Waals surface area contributed by atoms with Crippen LogP contribution in [0.25, 0.3) is 0 Å². The average molecular weight is 333 g/mol. The van der Waals surface area contributed by atoms with Gasteiger partial charge in [-0.2, -0.15) is 0 Å². The van der Waals surface area contributed by atoms with E-state index in [0.717, 1.165) is 13.0 Å². The number of aryl methyl sites for hydroxylation is 1. The molecule has 130 valence electrons. The fourth-order valence-electron chi connectivity index (χ4n) is 2.34. The number of nitrogens with two attached hydrogens (primary N) is 1. The zero-order chi connectivity index (χ0) is 17.4. The van der Waals surface area contributed by atoms with Gasteiger partial charge in [0.05, 0.1) is 12.9 Å². The largest absolute Gasteiger partial charge is 0.508 e. The van der Waals surface area contributed by atoms with Crippen molar-refractivity contribution in [3.8, 4) is 11.5 Å². The smallest absolute Gasteiger partial charge is 0.404 e. The summed E-state index contributed by atoms with van der Waals surface area (Å²) in [5, 5.41) is 10.1. The second kappa shape index (κ2) is 8.81. The van der Waals surface area contributed by atoms with Gasteiger partial charge in [-0.15, -0.1) is 0 Å². The highest BCUT2D eigenvalue weighted by molar-refractivity contribution is 5.64. The first-order chi connectivity index (χ1) is 11.6. The van der Waals surface area contributed by atoms with Crippen LogP contribution in [0.5, 0.6) is 11.5 Å². The zero-order valence-electron chi connectivity index (χ0n) is 13.7. The summed E-state index contributed by atoms with van der Waals surface area (Å²) in [6, 6.07) is 5.14. The lowest BCUT2D eigenvalue weighted by Gasteiger charge is -2.16. The van der Waals surface area contributed by atoms with Gasteiger partial charge in [-0.05, 0) is 24.5 Å². The molecule has 1 aromatic carbocycles. The average Bonchev–Trinajstić information content (AvgIpc) is 3.06. The monoisotopic (exact) mass is 333 g/mol. The molecule has 0 spiro atoms. The third-order valence-corrected chi connectivity index (χ3v) is 3.63. The van der Waals surface area contributed by atoms with Crippen LogP contribution in [0.15, 0.2) is 36.9 Å². The van der Waals surface area contributed by atoms with E-state index in [1.807, 2.05) is 17.7 Å². The van der Waals surface area contributed by atoms with Crippen molar-refractivity contribution in [2.75, 3.05) is 6.61 Å². The lowest BCUT2D eigenvalue weighted by molar-refractivity contribution is 0.104. The lowest BCUT2D eigenvalue weighted by atomic mass is 10.0. The van der Waals surface area contributed by atoms with E-state index in [9.17, 15) is 9.90 Å². The minimum absolute atomic E-state index is 0.119. The molecule has 0 aliphatic carbocycles. The Morgan fingerprint density at radius 3 is 2.92 bits per heavy atom. The van der Waals surface area contributed by atoms with Gasteiger partial charge >= 0.3 is 6.09 Å². The molecule has 0 aliphatic heterocycles. The minimum Gasteiger partial charge on any atom is -0.508 e. The van der Waals surface area contributed by atoms with Crippen molar-refractivity contribution < 1.29 is 19.4 Å². The van der Waals surface area contributed by atoms with Crippen LogP contribution in [-0.4, -0.2) is 33.5 Å². The molecule has 2 aromatic rings. The molecule has 24 heavy (non-hydrogen) atoms. The number of ether oxygens (including phenoxy) is 2. The van der Waals surface area contributed by atoms with E-state index in [0.29, 0.717) is 30.8 Å². The van der Waals surface area contributed by atoms with E-state index in [-0.39, 0.29) is 11.9 Å². The van der Waals surface area contributed by atoms with Crippen molar-refractivity contribution in [2.24, 2.45) is 5.73 Å². The molecule has 2 rings (SSSR count). The molecule has 1 atom stereocenters. The second-order valence-electron chi connectivity index (χ2n) is 5.46. The molecule has 3 N–H and O–H groups in total. The molecule has 0 aliphatic rings. The van der Waals surface area contributed by atoms with Gasteiger partial charge in [-0.1, -0.05) is 13.0 Å². The number of hydrogen-bond donors (Lipinski definition) is 2. The van der Waals surface area contributed by atoms with Gasteiger partial charge in [0.15, 0.2) is 0 Å². The van der Waals surface area contributed by atoms with Gasteiger partial charge in [0.1, 0.15) is 17.6 Å². The fourth-order valence-corrected chi connectivity index (χ4v) is 2.34. The number of primary amides is 1. The van der Waals surface area contributed by atoms with Crippen LogP contribution >= 0.6 is 0 Å². The Balaban J connectivity index is 1.83. The highest BCUT2D eigenvalue weighted by Gasteiger charge is 2.14. The third-order valence-electron chi connectivity index (χ3n) is 3.63. The van der Waals surface area contributed by atoms with Gasteiger partial charge in [-0.25, -0.2) is 9.78 Å². The van der Waals surface area contributed by atoms with E-state index in [4.69, 9.17) is 15.2 Å². The first-order valence-electron chi connectivity index (χ1n) is 7.95. The van der Waals surface area contributed by atoms with Gasteiger partial charge < -0.3 is 24.9 Å². The molecular formula is C17H23N3O4. The Labute approximate surface area is 141 Å². The maximum absolute atomic E-state index is 10.8. The quantitative estimate of drug-likeness (QED) is 0.687. The Bertz CT molecular complexity index is 643. The van der Waals surface area contributed by atoms with Crippen LogP contribution in [-0.2, 0) is 17.7 Å². The fraction of sp³-hybridized carbons (Fsp3) is 0.412. The number of phenols is 1. The summed E-state index contributed by atoms with van der Waals surface area (Å²) in [7, 11) is 0. The first kappa shape index (κ1) is 17.7. The van der Waals surface area contributed by atoms with Crippen LogP contribution in [0.4, 0.5) is 4.79 Å². The van der Waals surface area contributed by atoms with Gasteiger partial charge in [0, 0.05) is 31.4 Å². The Kier molecular flexibility index (Phi) is 6.48. The number of aromatic hydroxyl groups is 1. The third kappa shape index (κ3) is 5.49. The number of nitrogens with zero attached hydrogens (tertiary/aromatic N) is 2. The predicted octanol–water partition coefficient (Wildman–Crippen LogP) is 2.47. The van der Waals surface area contributed by atoms with Crippen LogP contribution in [0.2, 0.25) is 0 Å². The number of carbonyl (C=O) groups excluding carboxylic acids is 1. The van der Waals surface area contributed by atoms with Crippen molar-refractivity contribution in [1.29, 1.82) is 0 Å². The number of phenolic OH excluding ortho intramolecular Hbond substituents is 1. The molecule has 0 fully saturated rings. The van der Waals surface area contributed by atoms with E-state index < -0.39 is 6.09 Å². The Hall–Kier alpha value is -2.70. The maximum atomic E-state index is 10.8. The Morgan fingerprint density at radius 1 is 1.46 bits per heavy atom. The molecule has 7 nitrogen and oxygen atoms in total. The molecular weight excluding hydrogens is 310 g/mol. The molecule has 0 saturated carbocycles. The number of carbonyl (C=O) groups is 1. The van der Waals surface area contributed by atoms with Crippen LogP contribution in [0, 0.1) is 0 Å². The van der Waals surface area contributed by atoms with Crippen molar-refractivity contribution in [2.45, 2.75) is 38.8 Å². The van der Waals surface area contributed by atoms with E-state index in [2.05, 4.69) is 4.98 Å². The molecule has 1 amide bonds. The number of hydrogen-bond acceptors (Lipinski definition) is 5. The lowest BCUT2D eigenvalue weighted by Crippen LogP contribution is -2.24. The van der Waals surface area contributed by atoms with Gasteiger partial charge in [-0.3, -0.25) is 0 Å². The standard InChI is InChI=1S/C17H23N3O4/c1-2-14(24-17(18)22)10-13-4-5-15(11-16(13)21)23-9-3-7-20-8-6-19-12-20/h4-6,8,11-12,14,21H,2-3,7,9-10H2,1H3,(H2,18,22). The molecule has 1 heterocycles. The molecule has 1 aromatic heterocycles. The van der Waals surface area contributed by atoms with E-state index >= 15 is 0 Å². The number of benzene rings is 1. The normalized spacial score (nSPS) is 11.9. The zero-order valence-corrected chi connectivity index (χ0v) is 13.7. The number of imidazole rings is 1. The second-order valence-corrected chi connectivity index (χ2v) is 5.46. The molecule has 0 saturated heterocycles. The summed E-state index contributed by atoms with van der Waals surface area (Å²) in [6.07, 6.45) is 6.11. The van der Waals surface area contributed by atoms with Crippen molar-refractivity contribution >= 4 is 6.09 Å². The summed E-state index contributed by atoms with van der Waals surface area (Å²) in [6.45, 7) is 3.26. The first-order valence-corrected chi connectivity index (χ1v) is 7.95. The van der Waals surface area contributed by atoms with Crippen LogP contribution < -0.4 is 10.5 Å². The SMILES string of the molecule is CCC(Cc1ccc(OCCCn2ccnc2)cc1O)OC(N)=O. The summed E-state index contributed by atoms with van der Waals surface area (Å²) in [5.74, 6) is 0.722. The number of aromatic nitrogens is 2. The summed E-state index contributed by atoms with van der Waals surface area (Å²) >= 11 is 0. The van der Waals surface area contributed by atoms with E-state index in [1.165, 1.54) is 0 Å². The van der Waals surface area contributed by atoms with Crippen molar-refractivity contribution in [3.63, 3.8) is 0 Å². The number of rotatable bonds is 9. The van der Waals surface area contributed by atoms with Crippen LogP contribution in [0.3, 0.4) is 0 Å². The summed E-state index contributed by atoms with van der Waals surface area (Å²) in [4.78, 5) is 14.8. The number of amides is 1. The van der Waals surface area contributed by atoms with Gasteiger partial charge in [0.25, 0.3) is 0 Å². The Morgan fingerprint density at radius 2 is 2.29 bits per heavy atom. The van der Waals surface area contributed by atoms with Crippen molar-refractivity contribution in [1.82, 2.24) is 9.55 Å². The van der Waals surface area contributed by atoms with E-state index in [1.54, 1.807) is 30.7 Å². The maximum Gasteiger partial charge on any atom is 0.404 e. The molecule has 0 bridgehead atoms. The van der Waals surface area contributed by atoms with Gasteiger partial charge in [0.2, 0.25) is 0 Å². The highest BCUT2D eigenvalue weighted by Crippen LogP contribution is 2.26. The topological polar surface area (TPSA) is 99.6 Å². The van der Waals surface area contributed by atoms with Crippen LogP contribution in [0.1, 0.15) is 25.3 Å². The highest BCUT2D eigenvalue weighted by atomic mass is 16.6. The molecule has 7 heteroatoms. The molecule has 1 unspecified atom stereocenters. The summed E-state index contributed by atoms with van der Waals surface area (Å²) < 4.78 is 12.6. The van der Waals surface area contributed by atoms with Crippen molar-refractivity contribution in [3.05, 3.63) is 42.5 Å².